The number of anilines is 1. The molecule has 36 heavy (non-hydrogen) atoms. The Morgan fingerprint density at radius 3 is 2.61 bits per heavy atom. The van der Waals surface area contributed by atoms with E-state index >= 15 is 0 Å². The van der Waals surface area contributed by atoms with Crippen LogP contribution in [0, 0.1) is 12.8 Å². The van der Waals surface area contributed by atoms with Crippen molar-refractivity contribution in [2.45, 2.75) is 32.8 Å². The summed E-state index contributed by atoms with van der Waals surface area (Å²) < 4.78 is 11.0. The van der Waals surface area contributed by atoms with E-state index in [1.54, 1.807) is 21.0 Å². The Kier molecular flexibility index (Phi) is 8.52. The van der Waals surface area contributed by atoms with Gasteiger partial charge < -0.3 is 19.4 Å². The Labute approximate surface area is 227 Å². The van der Waals surface area contributed by atoms with Crippen LogP contribution in [-0.2, 0) is 9.47 Å². The average Bonchev–Trinajstić information content (AvgIpc) is 3.42. The van der Waals surface area contributed by atoms with Gasteiger partial charge in [-0.1, -0.05) is 46.1 Å². The van der Waals surface area contributed by atoms with Crippen molar-refractivity contribution in [3.8, 4) is 11.4 Å². The third-order valence-corrected chi connectivity index (χ3v) is 8.23. The van der Waals surface area contributed by atoms with Crippen LogP contribution in [-0.4, -0.2) is 64.6 Å². The number of aryl methyl sites for hydroxylation is 1. The number of Topliss-reactive ketones (excluding diaryl/α,β-unsaturated/α-hetero) is 1. The van der Waals surface area contributed by atoms with Gasteiger partial charge in [0.1, 0.15) is 27.1 Å². The van der Waals surface area contributed by atoms with E-state index < -0.39 is 5.97 Å². The maximum Gasteiger partial charge on any atom is 0.350 e. The molecule has 0 spiro atoms. The lowest BCUT2D eigenvalue weighted by Gasteiger charge is -2.37. The number of hydrogen-bond acceptors (Lipinski definition) is 9. The second-order valence-electron chi connectivity index (χ2n) is 8.27. The Hall–Kier alpha value is -2.24. The molecule has 1 saturated heterocycles. The molecule has 0 aliphatic carbocycles. The second kappa shape index (κ2) is 11.4. The number of rotatable bonds is 8. The van der Waals surface area contributed by atoms with Gasteiger partial charge in [-0.25, -0.2) is 19.7 Å². The molecule has 13 heteroatoms. The number of halogens is 3. The molecule has 9 nitrogen and oxygen atoms in total. The SMILES string of the molecule is CCOC(=O)c1sc(N2CC[C@H](CC(=O)c3[nH]c(C)c(Cl)c3Cl)[C@H](OC)C2)nc1-c1cnc(Cl)cn1. The molecule has 192 valence electrons. The van der Waals surface area contributed by atoms with Crippen LogP contribution in [0.1, 0.15) is 45.6 Å². The van der Waals surface area contributed by atoms with E-state index in [0.717, 1.165) is 0 Å². The van der Waals surface area contributed by atoms with Crippen molar-refractivity contribution < 1.29 is 19.1 Å². The smallest absolute Gasteiger partial charge is 0.350 e. The number of methoxy groups -OCH3 is 1. The zero-order chi connectivity index (χ0) is 26.0. The van der Waals surface area contributed by atoms with Crippen molar-refractivity contribution in [2.75, 3.05) is 31.7 Å². The van der Waals surface area contributed by atoms with Gasteiger partial charge in [-0.2, -0.15) is 0 Å². The number of H-pyrrole nitrogens is 1. The number of nitrogens with zero attached hydrogens (tertiary/aromatic N) is 4. The zero-order valence-electron chi connectivity index (χ0n) is 19.8. The number of ketones is 1. The summed E-state index contributed by atoms with van der Waals surface area (Å²) in [6.07, 6.45) is 3.58. The zero-order valence-corrected chi connectivity index (χ0v) is 22.9. The summed E-state index contributed by atoms with van der Waals surface area (Å²) in [5.74, 6) is -0.616. The molecule has 0 aromatic carbocycles. The normalized spacial score (nSPS) is 17.9. The van der Waals surface area contributed by atoms with Crippen LogP contribution < -0.4 is 4.90 Å². The molecule has 2 atom stereocenters. The van der Waals surface area contributed by atoms with E-state index in [4.69, 9.17) is 49.3 Å². The molecule has 1 fully saturated rings. The molecule has 1 N–H and O–H groups in total. The Bertz CT molecular complexity index is 1260. The first-order valence-corrected chi connectivity index (χ1v) is 13.2. The number of aromatic amines is 1. The molecule has 4 heterocycles. The number of ether oxygens (including phenoxy) is 2. The van der Waals surface area contributed by atoms with Crippen LogP contribution >= 0.6 is 46.1 Å². The number of esters is 1. The van der Waals surface area contributed by atoms with Crippen molar-refractivity contribution in [3.05, 3.63) is 43.9 Å². The van der Waals surface area contributed by atoms with Crippen molar-refractivity contribution in [3.63, 3.8) is 0 Å². The molecule has 0 radical (unpaired) electrons. The van der Waals surface area contributed by atoms with Gasteiger partial charge in [0, 0.05) is 32.3 Å². The lowest BCUT2D eigenvalue weighted by atomic mass is 9.88. The predicted octanol–water partition coefficient (Wildman–Crippen LogP) is 5.49. The van der Waals surface area contributed by atoms with Crippen molar-refractivity contribution in [2.24, 2.45) is 5.92 Å². The van der Waals surface area contributed by atoms with Crippen molar-refractivity contribution in [1.82, 2.24) is 19.9 Å². The largest absolute Gasteiger partial charge is 0.462 e. The van der Waals surface area contributed by atoms with E-state index in [2.05, 4.69) is 15.0 Å². The fraction of sp³-hybridized carbons (Fsp3) is 0.435. The Morgan fingerprint density at radius 2 is 2.00 bits per heavy atom. The first kappa shape index (κ1) is 26.8. The lowest BCUT2D eigenvalue weighted by Crippen LogP contribution is -2.45. The summed E-state index contributed by atoms with van der Waals surface area (Å²) in [6, 6.07) is 0. The third kappa shape index (κ3) is 5.52. The van der Waals surface area contributed by atoms with Crippen LogP contribution in [0.5, 0.6) is 0 Å². The molecule has 0 saturated carbocycles. The van der Waals surface area contributed by atoms with E-state index in [9.17, 15) is 9.59 Å². The number of carbonyl (C=O) groups excluding carboxylic acids is 2. The summed E-state index contributed by atoms with van der Waals surface area (Å²) in [6.45, 7) is 4.86. The highest BCUT2D eigenvalue weighted by Crippen LogP contribution is 2.37. The summed E-state index contributed by atoms with van der Waals surface area (Å²) >= 11 is 19.5. The first-order chi connectivity index (χ1) is 17.2. The second-order valence-corrected chi connectivity index (χ2v) is 10.4. The van der Waals surface area contributed by atoms with Crippen LogP contribution in [0.25, 0.3) is 11.4 Å². The minimum atomic E-state index is -0.478. The lowest BCUT2D eigenvalue weighted by molar-refractivity contribution is 0.0375. The van der Waals surface area contributed by atoms with Crippen molar-refractivity contribution in [1.29, 1.82) is 0 Å². The number of thiazole rings is 1. The molecular formula is C23H24Cl3N5O4S. The number of aromatic nitrogens is 4. The molecular weight excluding hydrogens is 549 g/mol. The summed E-state index contributed by atoms with van der Waals surface area (Å²) in [5, 5.41) is 1.48. The first-order valence-electron chi connectivity index (χ1n) is 11.2. The van der Waals surface area contributed by atoms with Gasteiger partial charge in [-0.15, -0.1) is 0 Å². The number of carbonyl (C=O) groups is 2. The number of nitrogens with one attached hydrogen (secondary N) is 1. The highest BCUT2D eigenvalue weighted by molar-refractivity contribution is 7.17. The van der Waals surface area contributed by atoms with Gasteiger partial charge in [-0.05, 0) is 26.2 Å². The Balaban J connectivity index is 1.54. The molecule has 0 bridgehead atoms. The highest BCUT2D eigenvalue weighted by atomic mass is 35.5. The minimum Gasteiger partial charge on any atom is -0.462 e. The number of piperidine rings is 1. The predicted molar refractivity (Wildman–Crippen MR) is 140 cm³/mol. The molecule has 3 aromatic rings. The molecule has 1 aliphatic heterocycles. The van der Waals surface area contributed by atoms with Gasteiger partial charge in [-0.3, -0.25) is 4.79 Å². The fourth-order valence-electron chi connectivity index (χ4n) is 4.13. The van der Waals surface area contributed by atoms with E-state index in [1.807, 2.05) is 4.90 Å². The van der Waals surface area contributed by atoms with Crippen LogP contribution in [0.4, 0.5) is 5.13 Å². The van der Waals surface area contributed by atoms with Gasteiger partial charge in [0.2, 0.25) is 0 Å². The van der Waals surface area contributed by atoms with Crippen LogP contribution in [0.3, 0.4) is 0 Å². The van der Waals surface area contributed by atoms with E-state index in [-0.39, 0.29) is 41.0 Å². The summed E-state index contributed by atoms with van der Waals surface area (Å²) in [7, 11) is 1.62. The quantitative estimate of drug-likeness (QED) is 0.279. The minimum absolute atomic E-state index is 0.0247. The van der Waals surface area contributed by atoms with E-state index in [0.29, 0.717) is 57.3 Å². The summed E-state index contributed by atoms with van der Waals surface area (Å²) in [4.78, 5) is 44.0. The number of hydrogen-bond donors (Lipinski definition) is 1. The molecule has 0 unspecified atom stereocenters. The third-order valence-electron chi connectivity index (χ3n) is 5.99. The van der Waals surface area contributed by atoms with Gasteiger partial charge in [0.05, 0.1) is 35.1 Å². The molecule has 4 rings (SSSR count). The Morgan fingerprint density at radius 1 is 1.22 bits per heavy atom. The molecule has 3 aromatic heterocycles. The maximum absolute atomic E-state index is 13.0. The standard InChI is InChI=1S/C23H24Cl3N5O4S/c1-4-35-22(33)21-19(13-8-28-16(24)9-27-13)30-23(36-21)31-6-5-12(15(10-31)34-3)7-14(32)20-18(26)17(25)11(2)29-20/h8-9,12,15,29H,4-7,10H2,1-3H3/t12-,15-/m1/s1. The fourth-order valence-corrected chi connectivity index (χ4v) is 5.67. The topological polar surface area (TPSA) is 110 Å². The maximum atomic E-state index is 13.0. The summed E-state index contributed by atoms with van der Waals surface area (Å²) in [5.41, 5.74) is 1.79. The average molecular weight is 573 g/mol. The van der Waals surface area contributed by atoms with Crippen LogP contribution in [0.2, 0.25) is 15.2 Å². The molecule has 1 aliphatic rings. The van der Waals surface area contributed by atoms with Crippen molar-refractivity contribution >= 4 is 63.0 Å². The highest BCUT2D eigenvalue weighted by Gasteiger charge is 2.34. The monoisotopic (exact) mass is 571 g/mol. The molecule has 0 amide bonds. The van der Waals surface area contributed by atoms with Gasteiger partial charge in [0.25, 0.3) is 0 Å². The van der Waals surface area contributed by atoms with Gasteiger partial charge in [0.15, 0.2) is 10.9 Å². The van der Waals surface area contributed by atoms with Crippen LogP contribution in [0.15, 0.2) is 12.4 Å². The van der Waals surface area contributed by atoms with E-state index in [1.165, 1.54) is 23.7 Å². The van der Waals surface area contributed by atoms with Gasteiger partial charge >= 0.3 is 5.97 Å².